The number of hydrogen-bond acceptors (Lipinski definition) is 5. The van der Waals surface area contributed by atoms with Crippen LogP contribution in [0.25, 0.3) is 5.13 Å². The molecule has 0 aromatic carbocycles. The van der Waals surface area contributed by atoms with E-state index in [0.717, 1.165) is 42.3 Å². The van der Waals surface area contributed by atoms with Crippen LogP contribution in [-0.2, 0) is 13.0 Å². The highest BCUT2D eigenvalue weighted by Gasteiger charge is 2.29. The van der Waals surface area contributed by atoms with Gasteiger partial charge in [-0.3, -0.25) is 14.3 Å². The van der Waals surface area contributed by atoms with Gasteiger partial charge >= 0.3 is 0 Å². The molecule has 2 aliphatic rings. The number of amides is 2. The highest BCUT2D eigenvalue weighted by Crippen LogP contribution is 2.24. The summed E-state index contributed by atoms with van der Waals surface area (Å²) in [6.07, 6.45) is 7.10. The number of aromatic nitrogens is 4. The van der Waals surface area contributed by atoms with E-state index in [1.807, 2.05) is 56.6 Å². The molecule has 0 unspecified atom stereocenters. The predicted octanol–water partition coefficient (Wildman–Crippen LogP) is 2.37. The molecule has 5 rings (SSSR count). The van der Waals surface area contributed by atoms with Crippen LogP contribution in [0.1, 0.15) is 44.4 Å². The van der Waals surface area contributed by atoms with Crippen LogP contribution in [0.3, 0.4) is 0 Å². The van der Waals surface area contributed by atoms with Gasteiger partial charge in [-0.1, -0.05) is 11.3 Å². The molecule has 5 heterocycles. The molecular formula is C21H24N6O2S. The van der Waals surface area contributed by atoms with E-state index in [4.69, 9.17) is 0 Å². The third kappa shape index (κ3) is 3.43. The molecule has 2 aliphatic heterocycles. The van der Waals surface area contributed by atoms with Crippen LogP contribution in [-0.4, -0.2) is 67.1 Å². The number of fused-ring (bicyclic) bond motifs is 1. The van der Waals surface area contributed by atoms with Gasteiger partial charge in [0.1, 0.15) is 4.88 Å². The highest BCUT2D eigenvalue weighted by molar-refractivity contribution is 7.16. The maximum Gasteiger partial charge on any atom is 0.274 e. The second-order valence-electron chi connectivity index (χ2n) is 7.79. The summed E-state index contributed by atoms with van der Waals surface area (Å²) in [5, 5.41) is 5.29. The molecule has 0 atom stereocenters. The van der Waals surface area contributed by atoms with Gasteiger partial charge in [0.2, 0.25) is 0 Å². The van der Waals surface area contributed by atoms with Gasteiger partial charge in [0.15, 0.2) is 10.8 Å². The van der Waals surface area contributed by atoms with Crippen molar-refractivity contribution in [1.82, 2.24) is 29.1 Å². The number of piperazine rings is 1. The largest absolute Gasteiger partial charge is 0.334 e. The Kier molecular flexibility index (Phi) is 4.90. The van der Waals surface area contributed by atoms with Crippen LogP contribution < -0.4 is 0 Å². The van der Waals surface area contributed by atoms with Crippen molar-refractivity contribution in [1.29, 1.82) is 0 Å². The fraction of sp³-hybridized carbons (Fsp3) is 0.429. The number of rotatable bonds is 3. The van der Waals surface area contributed by atoms with E-state index in [2.05, 4.69) is 10.1 Å². The standard InChI is InChI=1S/C21H24N6O2S/c1-15-18(30-21(22-15)26-7-4-5-8-26)20(29)25-12-10-24(11-13-25)19(28)17-14-16-6-2-3-9-27(16)23-17/h4-5,7-8,14H,2-3,6,9-13H2,1H3. The second kappa shape index (κ2) is 7.71. The summed E-state index contributed by atoms with van der Waals surface area (Å²) in [7, 11) is 0. The summed E-state index contributed by atoms with van der Waals surface area (Å²) < 4.78 is 3.88. The van der Waals surface area contributed by atoms with Crippen molar-refractivity contribution in [3.8, 4) is 5.13 Å². The van der Waals surface area contributed by atoms with E-state index in [1.54, 1.807) is 0 Å². The van der Waals surface area contributed by atoms with Crippen molar-refractivity contribution in [2.45, 2.75) is 32.7 Å². The lowest BCUT2D eigenvalue weighted by molar-refractivity contribution is 0.0534. The molecule has 0 bridgehead atoms. The Morgan fingerprint density at radius 3 is 2.37 bits per heavy atom. The summed E-state index contributed by atoms with van der Waals surface area (Å²) in [5.74, 6) is -0.0409. The Labute approximate surface area is 178 Å². The zero-order chi connectivity index (χ0) is 20.7. The minimum absolute atomic E-state index is 0.00652. The summed E-state index contributed by atoms with van der Waals surface area (Å²) in [4.78, 5) is 34.8. The second-order valence-corrected chi connectivity index (χ2v) is 8.76. The summed E-state index contributed by atoms with van der Waals surface area (Å²) in [6, 6.07) is 5.80. The molecule has 1 fully saturated rings. The molecule has 2 amide bonds. The molecule has 0 radical (unpaired) electrons. The van der Waals surface area contributed by atoms with Crippen molar-refractivity contribution >= 4 is 23.2 Å². The first-order valence-electron chi connectivity index (χ1n) is 10.4. The smallest absolute Gasteiger partial charge is 0.274 e. The third-order valence-corrected chi connectivity index (χ3v) is 6.95. The molecule has 30 heavy (non-hydrogen) atoms. The van der Waals surface area contributed by atoms with Gasteiger partial charge in [-0.05, 0) is 44.4 Å². The van der Waals surface area contributed by atoms with Gasteiger partial charge in [0.05, 0.1) is 5.69 Å². The molecule has 3 aromatic rings. The maximum absolute atomic E-state index is 13.1. The fourth-order valence-corrected chi connectivity index (χ4v) is 5.10. The Morgan fingerprint density at radius 2 is 1.67 bits per heavy atom. The fourth-order valence-electron chi connectivity index (χ4n) is 4.09. The number of nitrogens with zero attached hydrogens (tertiary/aromatic N) is 6. The van der Waals surface area contributed by atoms with Gasteiger partial charge in [0, 0.05) is 50.8 Å². The van der Waals surface area contributed by atoms with Crippen LogP contribution in [0.15, 0.2) is 30.6 Å². The van der Waals surface area contributed by atoms with Gasteiger partial charge < -0.3 is 14.4 Å². The Bertz CT molecular complexity index is 1050. The van der Waals surface area contributed by atoms with E-state index in [-0.39, 0.29) is 11.8 Å². The average molecular weight is 425 g/mol. The van der Waals surface area contributed by atoms with Crippen molar-refractivity contribution in [2.75, 3.05) is 26.2 Å². The number of carbonyl (C=O) groups is 2. The van der Waals surface area contributed by atoms with Crippen LogP contribution in [0.5, 0.6) is 0 Å². The topological polar surface area (TPSA) is 76.3 Å². The Hall–Kier alpha value is -2.94. The molecule has 8 nitrogen and oxygen atoms in total. The minimum Gasteiger partial charge on any atom is -0.334 e. The monoisotopic (exact) mass is 424 g/mol. The van der Waals surface area contributed by atoms with Crippen LogP contribution in [0.4, 0.5) is 0 Å². The predicted molar refractivity (Wildman–Crippen MR) is 113 cm³/mol. The molecule has 1 saturated heterocycles. The lowest BCUT2D eigenvalue weighted by atomic mass is 10.1. The van der Waals surface area contributed by atoms with Crippen LogP contribution in [0.2, 0.25) is 0 Å². The third-order valence-electron chi connectivity index (χ3n) is 5.79. The lowest BCUT2D eigenvalue weighted by Gasteiger charge is -2.34. The molecule has 3 aromatic heterocycles. The first kappa shape index (κ1) is 19.0. The minimum atomic E-state index is -0.0344. The van der Waals surface area contributed by atoms with Gasteiger partial charge in [-0.15, -0.1) is 0 Å². The number of carbonyl (C=O) groups excluding carboxylic acids is 2. The quantitative estimate of drug-likeness (QED) is 0.647. The van der Waals surface area contributed by atoms with Crippen molar-refractivity contribution < 1.29 is 9.59 Å². The van der Waals surface area contributed by atoms with E-state index in [0.29, 0.717) is 36.8 Å². The molecule has 9 heteroatoms. The van der Waals surface area contributed by atoms with Crippen LogP contribution in [0, 0.1) is 6.92 Å². The van der Waals surface area contributed by atoms with E-state index in [9.17, 15) is 9.59 Å². The van der Waals surface area contributed by atoms with Crippen molar-refractivity contribution in [3.05, 3.63) is 52.6 Å². The zero-order valence-electron chi connectivity index (χ0n) is 17.0. The number of aryl methyl sites for hydroxylation is 3. The number of thiazole rings is 1. The molecule has 0 spiro atoms. The summed E-state index contributed by atoms with van der Waals surface area (Å²) in [5.41, 5.74) is 2.43. The van der Waals surface area contributed by atoms with E-state index in [1.165, 1.54) is 11.3 Å². The molecule has 156 valence electrons. The van der Waals surface area contributed by atoms with Crippen molar-refractivity contribution in [2.24, 2.45) is 0 Å². The maximum atomic E-state index is 13.1. The lowest BCUT2D eigenvalue weighted by Crippen LogP contribution is -2.50. The zero-order valence-corrected chi connectivity index (χ0v) is 17.8. The molecule has 0 saturated carbocycles. The molecule has 0 aliphatic carbocycles. The van der Waals surface area contributed by atoms with Gasteiger partial charge in [0.25, 0.3) is 11.8 Å². The van der Waals surface area contributed by atoms with E-state index < -0.39 is 0 Å². The summed E-state index contributed by atoms with van der Waals surface area (Å²) >= 11 is 1.41. The summed E-state index contributed by atoms with van der Waals surface area (Å²) in [6.45, 7) is 4.86. The van der Waals surface area contributed by atoms with Gasteiger partial charge in [-0.2, -0.15) is 5.10 Å². The normalized spacial score (nSPS) is 16.6. The molecule has 0 N–H and O–H groups in total. The Balaban J connectivity index is 1.24. The van der Waals surface area contributed by atoms with Crippen LogP contribution >= 0.6 is 11.3 Å². The first-order chi connectivity index (χ1) is 14.6. The SMILES string of the molecule is Cc1nc(-n2cccc2)sc1C(=O)N1CCN(C(=O)c2cc3n(n2)CCCC3)CC1. The highest BCUT2D eigenvalue weighted by atomic mass is 32.1. The average Bonchev–Trinajstić information content (AvgIpc) is 3.51. The van der Waals surface area contributed by atoms with Crippen molar-refractivity contribution in [3.63, 3.8) is 0 Å². The first-order valence-corrected chi connectivity index (χ1v) is 11.2. The number of hydrogen-bond donors (Lipinski definition) is 0. The van der Waals surface area contributed by atoms with Gasteiger partial charge in [-0.25, -0.2) is 4.98 Å². The molecular weight excluding hydrogens is 400 g/mol. The Morgan fingerprint density at radius 1 is 0.967 bits per heavy atom. The van der Waals surface area contributed by atoms with E-state index >= 15 is 0 Å².